The van der Waals surface area contributed by atoms with Gasteiger partial charge < -0.3 is 15.3 Å². The molecule has 21 heavy (non-hydrogen) atoms. The van der Waals surface area contributed by atoms with Crippen LogP contribution in [0.25, 0.3) is 0 Å². The molecule has 0 bridgehead atoms. The predicted molar refractivity (Wildman–Crippen MR) is 77.0 cm³/mol. The monoisotopic (exact) mass is 314 g/mol. The van der Waals surface area contributed by atoms with Gasteiger partial charge in [0.15, 0.2) is 0 Å². The quantitative estimate of drug-likeness (QED) is 0.899. The summed E-state index contributed by atoms with van der Waals surface area (Å²) in [4.78, 5) is 24.6. The van der Waals surface area contributed by atoms with Crippen LogP contribution in [0.15, 0.2) is 18.2 Å². The number of urea groups is 1. The van der Waals surface area contributed by atoms with Gasteiger partial charge in [0, 0.05) is 12.6 Å². The van der Waals surface area contributed by atoms with E-state index in [1.54, 1.807) is 0 Å². The lowest BCUT2D eigenvalue weighted by atomic mass is 10.00. The van der Waals surface area contributed by atoms with Crippen LogP contribution in [-0.4, -0.2) is 34.6 Å². The third-order valence-electron chi connectivity index (χ3n) is 3.47. The number of carboxylic acids is 1. The summed E-state index contributed by atoms with van der Waals surface area (Å²) in [7, 11) is 0. The minimum atomic E-state index is -0.941. The zero-order valence-electron chi connectivity index (χ0n) is 11.3. The van der Waals surface area contributed by atoms with Crippen molar-refractivity contribution in [1.29, 1.82) is 0 Å². The van der Waals surface area contributed by atoms with E-state index in [0.29, 0.717) is 13.0 Å². The van der Waals surface area contributed by atoms with Gasteiger partial charge in [0.2, 0.25) is 0 Å². The number of rotatable bonds is 3. The fourth-order valence-corrected chi connectivity index (χ4v) is 2.63. The van der Waals surface area contributed by atoms with Crippen molar-refractivity contribution in [3.8, 4) is 0 Å². The Balaban J connectivity index is 2.10. The Morgan fingerprint density at radius 1 is 1.43 bits per heavy atom. The van der Waals surface area contributed by atoms with Crippen molar-refractivity contribution in [1.82, 2.24) is 4.90 Å². The number of anilines is 1. The summed E-state index contributed by atoms with van der Waals surface area (Å²) in [5, 5.41) is 11.7. The lowest BCUT2D eigenvalue weighted by Gasteiger charge is -2.35. The van der Waals surface area contributed by atoms with Gasteiger partial charge in [-0.1, -0.05) is 11.6 Å². The van der Waals surface area contributed by atoms with E-state index in [1.165, 1.54) is 17.0 Å². The van der Waals surface area contributed by atoms with Crippen LogP contribution in [0.1, 0.15) is 25.7 Å². The van der Waals surface area contributed by atoms with Crippen molar-refractivity contribution in [2.75, 3.05) is 11.9 Å². The number of amides is 2. The molecule has 1 saturated heterocycles. The Morgan fingerprint density at radius 2 is 2.19 bits per heavy atom. The molecule has 1 heterocycles. The summed E-state index contributed by atoms with van der Waals surface area (Å²) in [6.45, 7) is 0.483. The summed E-state index contributed by atoms with van der Waals surface area (Å²) in [6.07, 6.45) is 2.27. The van der Waals surface area contributed by atoms with Crippen LogP contribution in [0.4, 0.5) is 14.9 Å². The molecule has 0 spiro atoms. The van der Waals surface area contributed by atoms with E-state index >= 15 is 0 Å². The highest BCUT2D eigenvalue weighted by molar-refractivity contribution is 6.33. The minimum Gasteiger partial charge on any atom is -0.481 e. The smallest absolute Gasteiger partial charge is 0.322 e. The van der Waals surface area contributed by atoms with Gasteiger partial charge in [0.25, 0.3) is 0 Å². The highest BCUT2D eigenvalue weighted by atomic mass is 35.5. The first-order valence-corrected chi connectivity index (χ1v) is 7.09. The topological polar surface area (TPSA) is 69.6 Å². The fourth-order valence-electron chi connectivity index (χ4n) is 2.46. The maximum absolute atomic E-state index is 13.2. The number of benzene rings is 1. The van der Waals surface area contributed by atoms with E-state index < -0.39 is 17.8 Å². The van der Waals surface area contributed by atoms with E-state index in [0.717, 1.165) is 18.9 Å². The fraction of sp³-hybridized carbons (Fsp3) is 0.429. The average molecular weight is 315 g/mol. The molecular weight excluding hydrogens is 299 g/mol. The summed E-state index contributed by atoms with van der Waals surface area (Å²) >= 11 is 5.91. The number of hydrogen-bond donors (Lipinski definition) is 2. The predicted octanol–water partition coefficient (Wildman–Crippen LogP) is 3.34. The Kier molecular flexibility index (Phi) is 5.01. The molecule has 1 fully saturated rings. The van der Waals surface area contributed by atoms with E-state index in [2.05, 4.69) is 5.32 Å². The van der Waals surface area contributed by atoms with E-state index in [1.807, 2.05) is 0 Å². The van der Waals surface area contributed by atoms with E-state index in [4.69, 9.17) is 16.7 Å². The molecule has 2 rings (SSSR count). The first-order valence-electron chi connectivity index (χ1n) is 6.72. The maximum Gasteiger partial charge on any atom is 0.322 e. The molecule has 2 amide bonds. The second-order valence-corrected chi connectivity index (χ2v) is 5.40. The molecule has 114 valence electrons. The number of likely N-dealkylation sites (tertiary alicyclic amines) is 1. The molecule has 0 aromatic heterocycles. The SMILES string of the molecule is O=C(O)CC1CCCCN1C(=O)Nc1cc(F)ccc1Cl. The van der Waals surface area contributed by atoms with Gasteiger partial charge in [-0.15, -0.1) is 0 Å². The van der Waals surface area contributed by atoms with Crippen LogP contribution >= 0.6 is 11.6 Å². The number of piperidine rings is 1. The zero-order valence-corrected chi connectivity index (χ0v) is 12.1. The molecule has 5 nitrogen and oxygen atoms in total. The highest BCUT2D eigenvalue weighted by Crippen LogP contribution is 2.25. The van der Waals surface area contributed by atoms with Gasteiger partial charge in [-0.3, -0.25) is 4.79 Å². The van der Waals surface area contributed by atoms with Crippen molar-refractivity contribution in [3.63, 3.8) is 0 Å². The molecule has 0 aliphatic carbocycles. The molecule has 1 aliphatic rings. The normalized spacial score (nSPS) is 18.4. The number of aliphatic carboxylic acids is 1. The second-order valence-electron chi connectivity index (χ2n) is 5.00. The van der Waals surface area contributed by atoms with E-state index in [-0.39, 0.29) is 23.2 Å². The molecule has 0 saturated carbocycles. The first-order chi connectivity index (χ1) is 9.97. The molecule has 1 aromatic carbocycles. The third-order valence-corrected chi connectivity index (χ3v) is 3.80. The number of hydrogen-bond acceptors (Lipinski definition) is 2. The molecule has 1 atom stereocenters. The van der Waals surface area contributed by atoms with Gasteiger partial charge in [-0.25, -0.2) is 9.18 Å². The summed E-state index contributed by atoms with van der Waals surface area (Å²) in [5.41, 5.74) is 0.182. The van der Waals surface area contributed by atoms with Gasteiger partial charge in [0.05, 0.1) is 17.1 Å². The molecule has 1 unspecified atom stereocenters. The Labute approximate surface area is 126 Å². The van der Waals surface area contributed by atoms with Crippen molar-refractivity contribution in [3.05, 3.63) is 29.0 Å². The zero-order chi connectivity index (χ0) is 15.4. The lowest BCUT2D eigenvalue weighted by Crippen LogP contribution is -2.46. The second kappa shape index (κ2) is 6.76. The molecule has 2 N–H and O–H groups in total. The number of halogens is 2. The van der Waals surface area contributed by atoms with Crippen LogP contribution in [0.2, 0.25) is 5.02 Å². The molecule has 0 radical (unpaired) electrons. The Morgan fingerprint density at radius 3 is 2.90 bits per heavy atom. The molecule has 1 aliphatic heterocycles. The van der Waals surface area contributed by atoms with Gasteiger partial charge in [0.1, 0.15) is 5.82 Å². The number of carbonyl (C=O) groups excluding carboxylic acids is 1. The van der Waals surface area contributed by atoms with Gasteiger partial charge >= 0.3 is 12.0 Å². The maximum atomic E-state index is 13.2. The van der Waals surface area contributed by atoms with Crippen LogP contribution in [0.3, 0.4) is 0 Å². The highest BCUT2D eigenvalue weighted by Gasteiger charge is 2.28. The van der Waals surface area contributed by atoms with Crippen LogP contribution in [0, 0.1) is 5.82 Å². The minimum absolute atomic E-state index is 0.0930. The van der Waals surface area contributed by atoms with Crippen molar-refractivity contribution in [2.24, 2.45) is 0 Å². The Hall–Kier alpha value is -1.82. The van der Waals surface area contributed by atoms with Crippen LogP contribution in [-0.2, 0) is 4.79 Å². The number of nitrogens with zero attached hydrogens (tertiary/aromatic N) is 1. The van der Waals surface area contributed by atoms with Crippen LogP contribution < -0.4 is 5.32 Å². The summed E-state index contributed by atoms with van der Waals surface area (Å²) < 4.78 is 13.2. The first kappa shape index (κ1) is 15.6. The van der Waals surface area contributed by atoms with Gasteiger partial charge in [-0.2, -0.15) is 0 Å². The largest absolute Gasteiger partial charge is 0.481 e. The summed E-state index contributed by atoms with van der Waals surface area (Å²) in [5.74, 6) is -1.45. The van der Waals surface area contributed by atoms with Crippen LogP contribution in [0.5, 0.6) is 0 Å². The average Bonchev–Trinajstić information content (AvgIpc) is 2.42. The summed E-state index contributed by atoms with van der Waals surface area (Å²) in [6, 6.07) is 2.90. The van der Waals surface area contributed by atoms with Gasteiger partial charge in [-0.05, 0) is 37.5 Å². The standard InChI is InChI=1S/C14H16ClFN2O3/c15-11-5-4-9(16)7-12(11)17-14(21)18-6-2-1-3-10(18)8-13(19)20/h4-5,7,10H,1-3,6,8H2,(H,17,21)(H,19,20). The molecular formula is C14H16ClFN2O3. The molecule has 7 heteroatoms. The molecule has 1 aromatic rings. The van der Waals surface area contributed by atoms with E-state index in [9.17, 15) is 14.0 Å². The van der Waals surface area contributed by atoms with Crippen molar-refractivity contribution in [2.45, 2.75) is 31.7 Å². The lowest BCUT2D eigenvalue weighted by molar-refractivity contribution is -0.138. The van der Waals surface area contributed by atoms with Crippen molar-refractivity contribution >= 4 is 29.3 Å². The Bertz CT molecular complexity index is 553. The van der Waals surface area contributed by atoms with Crippen molar-refractivity contribution < 1.29 is 19.1 Å². The number of carboxylic acid groups (broad SMARTS) is 1. The third kappa shape index (κ3) is 4.07. The number of nitrogens with one attached hydrogen (secondary N) is 1. The number of carbonyl (C=O) groups is 2.